The molecule has 150 valence electrons. The number of carbonyl (C=O) groups is 1. The molecule has 0 saturated carbocycles. The molecule has 1 aliphatic rings. The number of rotatable bonds is 7. The molecule has 3 rings (SSSR count). The molecule has 1 heterocycles. The van der Waals surface area contributed by atoms with Gasteiger partial charge in [-0.3, -0.25) is 4.79 Å². The van der Waals surface area contributed by atoms with Crippen molar-refractivity contribution in [3.8, 4) is 5.75 Å². The van der Waals surface area contributed by atoms with Gasteiger partial charge in [0.05, 0.1) is 25.9 Å². The Morgan fingerprint density at radius 1 is 1.21 bits per heavy atom. The van der Waals surface area contributed by atoms with E-state index in [1.165, 1.54) is 24.3 Å². The molecule has 2 aromatic rings. The molecule has 2 aromatic carbocycles. The predicted octanol–water partition coefficient (Wildman–Crippen LogP) is 3.48. The molecule has 0 aliphatic carbocycles. The van der Waals surface area contributed by atoms with Gasteiger partial charge in [-0.15, -0.1) is 0 Å². The largest absolute Gasteiger partial charge is 0.435 e. The topological polar surface area (TPSA) is 48.0 Å². The number of halogens is 3. The van der Waals surface area contributed by atoms with Gasteiger partial charge in [-0.05, 0) is 24.3 Å². The molecule has 1 fully saturated rings. The third-order valence-corrected chi connectivity index (χ3v) is 4.25. The van der Waals surface area contributed by atoms with Crippen molar-refractivity contribution in [2.75, 3.05) is 26.3 Å². The van der Waals surface area contributed by atoms with Crippen LogP contribution in [0.5, 0.6) is 5.75 Å². The van der Waals surface area contributed by atoms with Crippen LogP contribution in [0.25, 0.3) is 0 Å². The third-order valence-electron chi connectivity index (χ3n) is 4.25. The van der Waals surface area contributed by atoms with E-state index < -0.39 is 6.61 Å². The first-order valence-corrected chi connectivity index (χ1v) is 8.80. The maximum Gasteiger partial charge on any atom is 0.387 e. The monoisotopic (exact) mass is 395 g/mol. The van der Waals surface area contributed by atoms with Crippen LogP contribution in [0.15, 0.2) is 48.5 Å². The van der Waals surface area contributed by atoms with Crippen molar-refractivity contribution in [3.05, 3.63) is 65.5 Å². The minimum absolute atomic E-state index is 0.0705. The average molecular weight is 395 g/mol. The number of hydrogen-bond acceptors (Lipinski definition) is 4. The maximum absolute atomic E-state index is 13.6. The van der Waals surface area contributed by atoms with Gasteiger partial charge in [-0.2, -0.15) is 8.78 Å². The standard InChI is InChI=1S/C20H20F3NO4/c21-18-7-2-1-4-15(18)12-26-13-17-11-24(8-9-27-17)19(25)14-5-3-6-16(10-14)28-20(22)23/h1-7,10,17,20H,8-9,11-13H2. The molecular formula is C20H20F3NO4. The summed E-state index contributed by atoms with van der Waals surface area (Å²) in [5.41, 5.74) is 0.702. The number of carbonyl (C=O) groups excluding carboxylic acids is 1. The van der Waals surface area contributed by atoms with Crippen LogP contribution >= 0.6 is 0 Å². The summed E-state index contributed by atoms with van der Waals surface area (Å²) in [6, 6.07) is 12.0. The highest BCUT2D eigenvalue weighted by molar-refractivity contribution is 5.94. The van der Waals surface area contributed by atoms with Gasteiger partial charge in [-0.1, -0.05) is 24.3 Å². The Morgan fingerprint density at radius 3 is 2.82 bits per heavy atom. The summed E-state index contributed by atoms with van der Waals surface area (Å²) in [5.74, 6) is -0.712. The zero-order valence-electron chi connectivity index (χ0n) is 15.0. The Balaban J connectivity index is 1.54. The molecule has 1 unspecified atom stereocenters. The second kappa shape index (κ2) is 9.57. The molecule has 0 N–H and O–H groups in total. The highest BCUT2D eigenvalue weighted by atomic mass is 19.3. The molecule has 5 nitrogen and oxygen atoms in total. The van der Waals surface area contributed by atoms with Gasteiger partial charge in [0.15, 0.2) is 0 Å². The van der Waals surface area contributed by atoms with Gasteiger partial charge >= 0.3 is 6.61 Å². The van der Waals surface area contributed by atoms with Crippen LogP contribution < -0.4 is 4.74 Å². The molecule has 0 aromatic heterocycles. The van der Waals surface area contributed by atoms with Gasteiger partial charge in [0.1, 0.15) is 11.6 Å². The van der Waals surface area contributed by atoms with E-state index in [0.717, 1.165) is 0 Å². The first-order valence-electron chi connectivity index (χ1n) is 8.80. The van der Waals surface area contributed by atoms with Crippen LogP contribution in [0, 0.1) is 5.82 Å². The zero-order chi connectivity index (χ0) is 19.9. The summed E-state index contributed by atoms with van der Waals surface area (Å²) in [6.45, 7) is -1.66. The normalized spacial score (nSPS) is 17.0. The van der Waals surface area contributed by atoms with E-state index >= 15 is 0 Å². The molecule has 1 atom stereocenters. The first kappa shape index (κ1) is 20.2. The van der Waals surface area contributed by atoms with Crippen molar-refractivity contribution in [1.29, 1.82) is 0 Å². The van der Waals surface area contributed by atoms with E-state index in [0.29, 0.717) is 18.7 Å². The van der Waals surface area contributed by atoms with Gasteiger partial charge in [0.25, 0.3) is 5.91 Å². The summed E-state index contributed by atoms with van der Waals surface area (Å²) in [5, 5.41) is 0. The van der Waals surface area contributed by atoms with Crippen LogP contribution in [0.4, 0.5) is 13.2 Å². The fourth-order valence-corrected chi connectivity index (χ4v) is 2.91. The smallest absolute Gasteiger partial charge is 0.387 e. The van der Waals surface area contributed by atoms with Crippen molar-refractivity contribution in [2.45, 2.75) is 19.3 Å². The Labute approximate surface area is 160 Å². The number of benzene rings is 2. The Kier molecular flexibility index (Phi) is 6.89. The maximum atomic E-state index is 13.6. The van der Waals surface area contributed by atoms with Crippen molar-refractivity contribution >= 4 is 5.91 Å². The second-order valence-corrected chi connectivity index (χ2v) is 6.26. The zero-order valence-corrected chi connectivity index (χ0v) is 15.0. The van der Waals surface area contributed by atoms with Crippen LogP contribution in [-0.4, -0.2) is 49.8 Å². The molecule has 0 radical (unpaired) electrons. The number of nitrogens with zero attached hydrogens (tertiary/aromatic N) is 1. The Hall–Kier alpha value is -2.58. The van der Waals surface area contributed by atoms with Gasteiger partial charge in [-0.25, -0.2) is 4.39 Å². The first-order chi connectivity index (χ1) is 13.5. The molecule has 0 bridgehead atoms. The lowest BCUT2D eigenvalue weighted by Crippen LogP contribution is -2.47. The quantitative estimate of drug-likeness (QED) is 0.720. The van der Waals surface area contributed by atoms with Crippen LogP contribution in [0.2, 0.25) is 0 Å². The fraction of sp³-hybridized carbons (Fsp3) is 0.350. The Bertz CT molecular complexity index is 803. The van der Waals surface area contributed by atoms with E-state index in [-0.39, 0.29) is 48.9 Å². The Morgan fingerprint density at radius 2 is 2.04 bits per heavy atom. The molecule has 1 aliphatic heterocycles. The van der Waals surface area contributed by atoms with Gasteiger partial charge in [0, 0.05) is 24.2 Å². The van der Waals surface area contributed by atoms with Crippen molar-refractivity contribution < 1.29 is 32.2 Å². The number of alkyl halides is 2. The average Bonchev–Trinajstić information content (AvgIpc) is 2.69. The summed E-state index contributed by atoms with van der Waals surface area (Å²) in [7, 11) is 0. The second-order valence-electron chi connectivity index (χ2n) is 6.26. The number of ether oxygens (including phenoxy) is 3. The van der Waals surface area contributed by atoms with Crippen LogP contribution in [0.1, 0.15) is 15.9 Å². The number of hydrogen-bond donors (Lipinski definition) is 0. The predicted molar refractivity (Wildman–Crippen MR) is 94.8 cm³/mol. The summed E-state index contributed by atoms with van der Waals surface area (Å²) >= 11 is 0. The minimum Gasteiger partial charge on any atom is -0.435 e. The van der Waals surface area contributed by atoms with Gasteiger partial charge < -0.3 is 19.1 Å². The lowest BCUT2D eigenvalue weighted by Gasteiger charge is -2.33. The van der Waals surface area contributed by atoms with Crippen molar-refractivity contribution in [1.82, 2.24) is 4.90 Å². The highest BCUT2D eigenvalue weighted by Crippen LogP contribution is 2.19. The molecule has 8 heteroatoms. The van der Waals surface area contributed by atoms with E-state index in [9.17, 15) is 18.0 Å². The van der Waals surface area contributed by atoms with Crippen molar-refractivity contribution in [2.24, 2.45) is 0 Å². The molecule has 28 heavy (non-hydrogen) atoms. The highest BCUT2D eigenvalue weighted by Gasteiger charge is 2.25. The molecule has 1 saturated heterocycles. The van der Waals surface area contributed by atoms with Crippen LogP contribution in [0.3, 0.4) is 0 Å². The van der Waals surface area contributed by atoms with E-state index in [4.69, 9.17) is 9.47 Å². The van der Waals surface area contributed by atoms with Crippen LogP contribution in [-0.2, 0) is 16.1 Å². The fourth-order valence-electron chi connectivity index (χ4n) is 2.91. The summed E-state index contributed by atoms with van der Waals surface area (Å²) < 4.78 is 53.8. The SMILES string of the molecule is O=C(c1cccc(OC(F)F)c1)N1CCOC(COCc2ccccc2F)C1. The van der Waals surface area contributed by atoms with Gasteiger partial charge in [0.2, 0.25) is 0 Å². The molecular weight excluding hydrogens is 375 g/mol. The number of morpholine rings is 1. The molecule has 1 amide bonds. The van der Waals surface area contributed by atoms with E-state index in [1.807, 2.05) is 0 Å². The lowest BCUT2D eigenvalue weighted by atomic mass is 10.1. The third kappa shape index (κ3) is 5.46. The molecule has 0 spiro atoms. The van der Waals surface area contributed by atoms with Crippen molar-refractivity contribution in [3.63, 3.8) is 0 Å². The minimum atomic E-state index is -2.95. The summed E-state index contributed by atoms with van der Waals surface area (Å²) in [6.07, 6.45) is -0.357. The number of amides is 1. The summed E-state index contributed by atoms with van der Waals surface area (Å²) in [4.78, 5) is 14.2. The lowest BCUT2D eigenvalue weighted by molar-refractivity contribution is -0.0650. The van der Waals surface area contributed by atoms with E-state index in [2.05, 4.69) is 4.74 Å². The van der Waals surface area contributed by atoms with E-state index in [1.54, 1.807) is 29.2 Å².